The molecule has 360 valence electrons. The molecular formula is C77H52. The molecule has 77 heavy (non-hydrogen) atoms. The first kappa shape index (κ1) is 27.1. The molecule has 71 atom stereocenters. The van der Waals surface area contributed by atoms with Crippen LogP contribution in [0.1, 0.15) is 38.5 Å². The highest BCUT2D eigenvalue weighted by molar-refractivity contribution is 6.13. The van der Waals surface area contributed by atoms with Gasteiger partial charge in [-0.25, -0.2) is 0 Å². The van der Waals surface area contributed by atoms with E-state index in [4.69, 9.17) is 0 Å². The van der Waals surface area contributed by atoms with Crippen molar-refractivity contribution >= 4 is 0 Å². The van der Waals surface area contributed by atoms with E-state index in [-0.39, 0.29) is 0 Å². The van der Waals surface area contributed by atoms with Crippen molar-refractivity contribution < 1.29 is 0 Å². The van der Waals surface area contributed by atoms with Crippen LogP contribution in [-0.4, -0.2) is 0 Å². The summed E-state index contributed by atoms with van der Waals surface area (Å²) in [6, 6.07) is 0. The summed E-state index contributed by atoms with van der Waals surface area (Å²) in [5.74, 6) is 55.9. The molecule has 52 saturated carbocycles. The monoisotopic (exact) mass is 976 g/mol. The summed E-state index contributed by atoms with van der Waals surface area (Å²) in [5.41, 5.74) is 34.1. The summed E-state index contributed by atoms with van der Waals surface area (Å²) < 4.78 is 0. The molecule has 52 fully saturated rings. The topological polar surface area (TPSA) is 0 Å². The SMILES string of the molecule is C1C2C3C1C1C4C5C6C7C8C9C%10C%11C%12CCC%13C%14CCC%15C%16C%14C%14%17C%16%18C%15C%15C%16C%19C%20C%21C%22C%23C%24C%25CC%26C2C3C%262C%25C%243C2%24C2C1C41C54C6C5C46C21C%241C%233C%222C%213C%204C%20(C%21C7C87C98C%109C%11%10C%12C%13C%10%14C9%10C%179C%15%18C%16%11C%194C%204C%217C8%10C%1149)C53C621. The second kappa shape index (κ2) is 4.39. The molecule has 0 radical (unpaired) electrons. The summed E-state index contributed by atoms with van der Waals surface area (Å²) in [5, 5.41) is 0. The Hall–Kier alpha value is 0. The van der Waals surface area contributed by atoms with Crippen LogP contribution >= 0.6 is 0 Å². The second-order valence-corrected chi connectivity index (χ2v) is 48.9. The van der Waals surface area contributed by atoms with Gasteiger partial charge in [0.05, 0.1) is 0 Å². The Morgan fingerprint density at radius 3 is 1.36 bits per heavy atom. The summed E-state index contributed by atoms with van der Waals surface area (Å²) in [6.45, 7) is 0. The van der Waals surface area contributed by atoms with Crippen molar-refractivity contribution in [1.82, 2.24) is 0 Å². The minimum absolute atomic E-state index is 1.05. The molecule has 0 bridgehead atoms. The Morgan fingerprint density at radius 2 is 0.623 bits per heavy atom. The van der Waals surface area contributed by atoms with Crippen LogP contribution in [0.5, 0.6) is 0 Å². The molecular weight excluding hydrogens is 925 g/mol. The molecule has 0 amide bonds. The van der Waals surface area contributed by atoms with Gasteiger partial charge in [0.25, 0.3) is 0 Å². The first-order valence-corrected chi connectivity index (χ1v) is 38.3. The smallest absolute Gasteiger partial charge is 0.000416 e. The van der Waals surface area contributed by atoms with Gasteiger partial charge in [0, 0.05) is 0 Å². The highest BCUT2D eigenvalue weighted by Gasteiger charge is 3.69. The lowest BCUT2D eigenvalue weighted by Crippen LogP contribution is -3.64. The van der Waals surface area contributed by atoms with E-state index in [2.05, 4.69) is 0 Å². The lowest BCUT2D eigenvalue weighted by Gasteiger charge is -3.65. The fourth-order valence-electron chi connectivity index (χ4n) is 80.6. The molecule has 0 heteroatoms. The number of rotatable bonds is 0. The van der Waals surface area contributed by atoms with Gasteiger partial charge in [-0.1, -0.05) is 0 Å². The Morgan fingerprint density at radius 1 is 0.182 bits per heavy atom. The van der Waals surface area contributed by atoms with Crippen LogP contribution in [0.15, 0.2) is 0 Å². The van der Waals surface area contributed by atoms with Crippen LogP contribution in [0.4, 0.5) is 0 Å². The van der Waals surface area contributed by atoms with Crippen LogP contribution in [0.3, 0.4) is 0 Å². The third-order valence-corrected chi connectivity index (χ3v) is 64.1. The summed E-state index contributed by atoms with van der Waals surface area (Å²) in [4.78, 5) is 0. The predicted octanol–water partition coefficient (Wildman–Crippen LogP) is 7.26. The normalized spacial score (nSPS) is 135. The van der Waals surface area contributed by atoms with E-state index in [0.717, 1.165) is 168 Å². The van der Waals surface area contributed by atoms with Crippen molar-refractivity contribution in [2.24, 2.45) is 405 Å². The first-order chi connectivity index (χ1) is 38.3. The van der Waals surface area contributed by atoms with Crippen molar-refractivity contribution in [3.05, 3.63) is 0 Å². The van der Waals surface area contributed by atoms with E-state index < -0.39 is 0 Å². The fraction of sp³-hybridized carbons (Fsp3) is 1.00. The minimum Gasteiger partial charge on any atom is -0.0496 e. The van der Waals surface area contributed by atoms with Crippen molar-refractivity contribution in [2.75, 3.05) is 0 Å². The van der Waals surface area contributed by atoms with Crippen molar-refractivity contribution in [3.8, 4) is 0 Å². The highest BCUT2D eigenvalue weighted by Crippen LogP contribution is 3.70. The van der Waals surface area contributed by atoms with E-state index >= 15 is 0 Å². The van der Waals surface area contributed by atoms with E-state index in [1.54, 1.807) is 0 Å². The number of hydrogen-bond acceptors (Lipinski definition) is 0. The van der Waals surface area contributed by atoms with Gasteiger partial charge in [-0.05, 0) is 443 Å². The van der Waals surface area contributed by atoms with Crippen LogP contribution in [-0.2, 0) is 0 Å². The van der Waals surface area contributed by atoms with Crippen molar-refractivity contribution in [3.63, 3.8) is 0 Å². The zero-order valence-corrected chi connectivity index (χ0v) is 42.8. The molecule has 71 unspecified atom stereocenters. The molecule has 0 aromatic rings. The minimum atomic E-state index is 1.05. The van der Waals surface area contributed by atoms with Crippen LogP contribution in [0.2, 0.25) is 0 Å². The Bertz CT molecular complexity index is 5150. The third-order valence-electron chi connectivity index (χ3n) is 64.1. The maximum absolute atomic E-state index is 1.91. The molecule has 31 spiro atoms. The van der Waals surface area contributed by atoms with Crippen molar-refractivity contribution in [1.29, 1.82) is 0 Å². The standard InChI is InChI=1S/C77H52/c1-3-9-20-25-7(1)8-2-4-10-21-26(8)55-51(21)23(10)35-41-42-39-38-40-36-24-13-6-14-16-11-5-12-15(11)27(16)47(14)43(13)53(24)59(36)62(40)60(38)61(39)64(42)63(41)58(35,51)75(55)74-54(25,55)50(20)22(9)34-37-30-19-18-29-28-17(12)31-44-65(47,53)71(59)66(44)48(28,31)49(29)32(18)45-67(49,66)72(62,71)69(45,60)70(61)46-33(19)52(30)57(37,56(34,50)74)76(74)68(46,52)73(64,70)77(63,75)76/h7-46H,1-6H2. The van der Waals surface area contributed by atoms with Crippen molar-refractivity contribution in [2.45, 2.75) is 38.5 Å². The average molecular weight is 977 g/mol. The molecule has 0 heterocycles. The average Bonchev–Trinajstić information content (AvgIpc) is 0.520. The Labute approximate surface area is 440 Å². The van der Waals surface area contributed by atoms with Gasteiger partial charge in [-0.3, -0.25) is 0 Å². The van der Waals surface area contributed by atoms with E-state index in [1.807, 2.05) is 38.5 Å². The first-order valence-electron chi connectivity index (χ1n) is 38.3. The van der Waals surface area contributed by atoms with Crippen LogP contribution < -0.4 is 0 Å². The van der Waals surface area contributed by atoms with E-state index in [0.29, 0.717) is 0 Å². The molecule has 52 aliphatic carbocycles. The number of hydrogen-bond donors (Lipinski definition) is 0. The zero-order valence-electron chi connectivity index (χ0n) is 42.8. The molecule has 0 saturated heterocycles. The lowest BCUT2D eigenvalue weighted by atomic mass is 8.37. The summed E-state index contributed by atoms with van der Waals surface area (Å²) in [7, 11) is 0. The quantitative estimate of drug-likeness (QED) is 0.240. The zero-order chi connectivity index (χ0) is 42.8. The molecule has 0 nitrogen and oxygen atoms in total. The van der Waals surface area contributed by atoms with Crippen LogP contribution in [0, 0.1) is 405 Å². The van der Waals surface area contributed by atoms with Gasteiger partial charge < -0.3 is 0 Å². The molecule has 0 aromatic carbocycles. The highest BCUT2D eigenvalue weighted by atomic mass is 15.7. The molecule has 0 N–H and O–H groups in total. The third kappa shape index (κ3) is 0.677. The van der Waals surface area contributed by atoms with Gasteiger partial charge in [-0.2, -0.15) is 0 Å². The summed E-state index contributed by atoms with van der Waals surface area (Å²) >= 11 is 0. The largest absolute Gasteiger partial charge is 0.0496 e. The molecule has 52 aliphatic rings. The number of fused-ring (bicyclic) bond motifs is 23. The molecule has 0 aliphatic heterocycles. The van der Waals surface area contributed by atoms with E-state index in [9.17, 15) is 0 Å². The maximum Gasteiger partial charge on any atom is -0.000416 e. The van der Waals surface area contributed by atoms with E-state index in [1.165, 1.54) is 237 Å². The van der Waals surface area contributed by atoms with Crippen LogP contribution in [0.25, 0.3) is 0 Å². The molecule has 52 rings (SSSR count). The molecule has 0 aromatic heterocycles. The van der Waals surface area contributed by atoms with Gasteiger partial charge in [0.1, 0.15) is 0 Å². The van der Waals surface area contributed by atoms with Gasteiger partial charge in [0.15, 0.2) is 0 Å². The maximum atomic E-state index is 1.91. The Kier molecular flexibility index (Phi) is 1.55. The van der Waals surface area contributed by atoms with Gasteiger partial charge >= 0.3 is 0 Å². The fourth-order valence-corrected chi connectivity index (χ4v) is 80.6. The lowest BCUT2D eigenvalue weighted by molar-refractivity contribution is -1.21. The van der Waals surface area contributed by atoms with Gasteiger partial charge in [0.2, 0.25) is 0 Å². The summed E-state index contributed by atoms with van der Waals surface area (Å²) in [6.07, 6.45) is 11.1. The van der Waals surface area contributed by atoms with Gasteiger partial charge in [-0.15, -0.1) is 0 Å². The predicted molar refractivity (Wildman–Crippen MR) is 243 cm³/mol. The second-order valence-electron chi connectivity index (χ2n) is 48.9. The Balaban J connectivity index is 0.663.